The first kappa shape index (κ1) is 6.68. The van der Waals surface area contributed by atoms with Crippen molar-refractivity contribution in [3.8, 4) is 5.75 Å². The third-order valence-electron chi connectivity index (χ3n) is 1.94. The molecule has 0 fully saturated rings. The first-order chi connectivity index (χ1) is 5.42. The molecule has 0 bridgehead atoms. The van der Waals surface area contributed by atoms with Crippen LogP contribution in [-0.4, -0.2) is 13.7 Å². The molecule has 1 atom stereocenters. The number of methoxy groups -OCH3 is 1. The molecule has 0 spiro atoms. The zero-order chi connectivity index (χ0) is 7.68. The molecule has 2 rings (SSSR count). The minimum Gasteiger partial charge on any atom is -0.490 e. The Balaban J connectivity index is 2.39. The molecule has 2 nitrogen and oxygen atoms in total. The minimum absolute atomic E-state index is 0.131. The lowest BCUT2D eigenvalue weighted by molar-refractivity contribution is 0.0817. The Bertz CT molecular complexity index is 257. The van der Waals surface area contributed by atoms with Gasteiger partial charge in [-0.1, -0.05) is 18.2 Å². The van der Waals surface area contributed by atoms with Gasteiger partial charge >= 0.3 is 0 Å². The molecule has 0 N–H and O–H groups in total. The Hall–Kier alpha value is -1.02. The van der Waals surface area contributed by atoms with Gasteiger partial charge in [0.05, 0.1) is 0 Å². The van der Waals surface area contributed by atoms with Crippen LogP contribution < -0.4 is 4.74 Å². The van der Waals surface area contributed by atoms with E-state index >= 15 is 0 Å². The van der Waals surface area contributed by atoms with Crippen molar-refractivity contribution < 1.29 is 9.47 Å². The first-order valence-electron chi connectivity index (χ1n) is 3.66. The van der Waals surface area contributed by atoms with Gasteiger partial charge in [0.15, 0.2) is 0 Å². The van der Waals surface area contributed by atoms with E-state index in [1.165, 1.54) is 0 Å². The monoisotopic (exact) mass is 150 g/mol. The molecule has 1 heterocycles. The van der Waals surface area contributed by atoms with E-state index in [9.17, 15) is 0 Å². The Morgan fingerprint density at radius 2 is 2.27 bits per heavy atom. The highest BCUT2D eigenvalue weighted by Gasteiger charge is 2.22. The lowest BCUT2D eigenvalue weighted by Gasteiger charge is -2.03. The predicted octanol–water partition coefficient (Wildman–Crippen LogP) is 1.77. The zero-order valence-electron chi connectivity index (χ0n) is 6.41. The van der Waals surface area contributed by atoms with Crippen molar-refractivity contribution in [2.24, 2.45) is 0 Å². The van der Waals surface area contributed by atoms with E-state index in [2.05, 4.69) is 0 Å². The van der Waals surface area contributed by atoms with Crippen molar-refractivity contribution in [1.82, 2.24) is 0 Å². The fourth-order valence-corrected chi connectivity index (χ4v) is 1.33. The smallest absolute Gasteiger partial charge is 0.125 e. The summed E-state index contributed by atoms with van der Waals surface area (Å²) in [6.45, 7) is 0.649. The van der Waals surface area contributed by atoms with Crippen molar-refractivity contribution in [3.63, 3.8) is 0 Å². The molecule has 0 saturated heterocycles. The van der Waals surface area contributed by atoms with E-state index in [1.807, 2.05) is 24.3 Å². The van der Waals surface area contributed by atoms with Gasteiger partial charge in [-0.3, -0.25) is 0 Å². The summed E-state index contributed by atoms with van der Waals surface area (Å²) in [5.41, 5.74) is 1.16. The predicted molar refractivity (Wildman–Crippen MR) is 41.7 cm³/mol. The molecule has 0 aliphatic carbocycles. The van der Waals surface area contributed by atoms with E-state index in [4.69, 9.17) is 9.47 Å². The number of ether oxygens (including phenoxy) is 2. The van der Waals surface area contributed by atoms with Crippen molar-refractivity contribution in [2.45, 2.75) is 6.10 Å². The summed E-state index contributed by atoms with van der Waals surface area (Å²) in [7, 11) is 1.70. The van der Waals surface area contributed by atoms with Crippen LogP contribution in [0.4, 0.5) is 0 Å². The van der Waals surface area contributed by atoms with Gasteiger partial charge in [0.1, 0.15) is 18.5 Å². The van der Waals surface area contributed by atoms with E-state index in [0.29, 0.717) is 6.61 Å². The molecule has 1 aromatic rings. The first-order valence-corrected chi connectivity index (χ1v) is 3.66. The third kappa shape index (κ3) is 0.994. The van der Waals surface area contributed by atoms with Crippen molar-refractivity contribution in [3.05, 3.63) is 29.8 Å². The van der Waals surface area contributed by atoms with Gasteiger partial charge in [0.2, 0.25) is 0 Å². The van der Waals surface area contributed by atoms with Crippen LogP contribution in [-0.2, 0) is 4.74 Å². The number of hydrogen-bond donors (Lipinski definition) is 0. The summed E-state index contributed by atoms with van der Waals surface area (Å²) >= 11 is 0. The maximum atomic E-state index is 5.38. The molecule has 1 aromatic carbocycles. The van der Waals surface area contributed by atoms with Gasteiger partial charge in [-0.05, 0) is 6.07 Å². The molecule has 58 valence electrons. The van der Waals surface area contributed by atoms with E-state index < -0.39 is 0 Å². The standard InChI is InChI=1S/C9H10O2/c1-10-9-6-11-8-5-3-2-4-7(8)9/h2-5,9H,6H2,1H3/t9-/m0/s1. The number of fused-ring (bicyclic) bond motifs is 1. The van der Waals surface area contributed by atoms with Crippen LogP contribution in [0.25, 0.3) is 0 Å². The lowest BCUT2D eigenvalue weighted by Crippen LogP contribution is -2.01. The molecule has 0 saturated carbocycles. The summed E-state index contributed by atoms with van der Waals surface area (Å²) in [4.78, 5) is 0. The third-order valence-corrected chi connectivity index (χ3v) is 1.94. The lowest BCUT2D eigenvalue weighted by atomic mass is 10.1. The van der Waals surface area contributed by atoms with Crippen LogP contribution in [0.1, 0.15) is 11.7 Å². The van der Waals surface area contributed by atoms with Crippen LogP contribution in [0.15, 0.2) is 24.3 Å². The van der Waals surface area contributed by atoms with Gasteiger partial charge in [0, 0.05) is 12.7 Å². The Kier molecular flexibility index (Phi) is 1.55. The second-order valence-electron chi connectivity index (χ2n) is 2.57. The Morgan fingerprint density at radius 3 is 3.09 bits per heavy atom. The normalized spacial score (nSPS) is 21.0. The van der Waals surface area contributed by atoms with Crippen LogP contribution in [0.5, 0.6) is 5.75 Å². The molecule has 1 aliphatic rings. The molecule has 0 aromatic heterocycles. The maximum Gasteiger partial charge on any atom is 0.125 e. The van der Waals surface area contributed by atoms with E-state index in [1.54, 1.807) is 7.11 Å². The van der Waals surface area contributed by atoms with Crippen LogP contribution in [0, 0.1) is 0 Å². The fourth-order valence-electron chi connectivity index (χ4n) is 1.33. The van der Waals surface area contributed by atoms with Gasteiger partial charge in [-0.15, -0.1) is 0 Å². The summed E-state index contributed by atoms with van der Waals surface area (Å²) in [6, 6.07) is 7.97. The van der Waals surface area contributed by atoms with Gasteiger partial charge < -0.3 is 9.47 Å². The van der Waals surface area contributed by atoms with E-state index in [0.717, 1.165) is 11.3 Å². The number of hydrogen-bond acceptors (Lipinski definition) is 2. The van der Waals surface area contributed by atoms with Gasteiger partial charge in [-0.2, -0.15) is 0 Å². The molecule has 11 heavy (non-hydrogen) atoms. The average Bonchev–Trinajstić information content (AvgIpc) is 2.47. The summed E-state index contributed by atoms with van der Waals surface area (Å²) in [5, 5.41) is 0. The molecular formula is C9H10O2. The zero-order valence-corrected chi connectivity index (χ0v) is 6.41. The Morgan fingerprint density at radius 1 is 1.45 bits per heavy atom. The highest BCUT2D eigenvalue weighted by atomic mass is 16.5. The molecule has 2 heteroatoms. The molecular weight excluding hydrogens is 140 g/mol. The molecule has 0 unspecified atom stereocenters. The van der Waals surface area contributed by atoms with Crippen LogP contribution >= 0.6 is 0 Å². The fraction of sp³-hybridized carbons (Fsp3) is 0.333. The highest BCUT2D eigenvalue weighted by Crippen LogP contribution is 2.33. The molecule has 1 aliphatic heterocycles. The summed E-state index contributed by atoms with van der Waals surface area (Å²) in [6.07, 6.45) is 0.131. The number of para-hydroxylation sites is 1. The summed E-state index contributed by atoms with van der Waals surface area (Å²) in [5.74, 6) is 0.958. The quantitative estimate of drug-likeness (QED) is 0.607. The topological polar surface area (TPSA) is 18.5 Å². The van der Waals surface area contributed by atoms with Crippen LogP contribution in [0.3, 0.4) is 0 Å². The molecule has 0 radical (unpaired) electrons. The average molecular weight is 150 g/mol. The summed E-state index contributed by atoms with van der Waals surface area (Å²) < 4.78 is 10.6. The number of rotatable bonds is 1. The van der Waals surface area contributed by atoms with Crippen molar-refractivity contribution in [1.29, 1.82) is 0 Å². The van der Waals surface area contributed by atoms with Crippen molar-refractivity contribution >= 4 is 0 Å². The maximum absolute atomic E-state index is 5.38. The van der Waals surface area contributed by atoms with Crippen molar-refractivity contribution in [2.75, 3.05) is 13.7 Å². The number of benzene rings is 1. The molecule has 0 amide bonds. The second-order valence-corrected chi connectivity index (χ2v) is 2.57. The minimum atomic E-state index is 0.131. The van der Waals surface area contributed by atoms with Crippen LogP contribution in [0.2, 0.25) is 0 Å². The van der Waals surface area contributed by atoms with Gasteiger partial charge in [-0.25, -0.2) is 0 Å². The second kappa shape index (κ2) is 2.55. The van der Waals surface area contributed by atoms with E-state index in [-0.39, 0.29) is 6.10 Å². The SMILES string of the molecule is CO[C@H]1COc2ccccc21. The Labute approximate surface area is 65.7 Å². The largest absolute Gasteiger partial charge is 0.490 e. The van der Waals surface area contributed by atoms with Gasteiger partial charge in [0.25, 0.3) is 0 Å². The highest BCUT2D eigenvalue weighted by molar-refractivity contribution is 5.38.